The van der Waals surface area contributed by atoms with Gasteiger partial charge in [-0.05, 0) is 18.6 Å². The van der Waals surface area contributed by atoms with Crippen LogP contribution in [0.1, 0.15) is 19.8 Å². The van der Waals surface area contributed by atoms with Gasteiger partial charge in [0.1, 0.15) is 11.6 Å². The smallest absolute Gasteiger partial charge is 0.344 e. The summed E-state index contributed by atoms with van der Waals surface area (Å²) in [6.45, 7) is 2.19. The number of rotatable bonds is 6. The highest BCUT2D eigenvalue weighted by molar-refractivity contribution is 9.10. The third-order valence-electron chi connectivity index (χ3n) is 1.95. The van der Waals surface area contributed by atoms with Gasteiger partial charge in [-0.1, -0.05) is 29.3 Å². The number of carbonyl (C=O) groups is 1. The molecule has 0 spiro atoms. The molecule has 0 aliphatic carbocycles. The van der Waals surface area contributed by atoms with Gasteiger partial charge in [0.05, 0.1) is 6.61 Å². The lowest BCUT2D eigenvalue weighted by atomic mass is 10.3. The summed E-state index contributed by atoms with van der Waals surface area (Å²) in [5.74, 6) is -0.572. The van der Waals surface area contributed by atoms with Crippen molar-refractivity contribution in [2.45, 2.75) is 19.8 Å². The Labute approximate surface area is 108 Å². The Kier molecular flexibility index (Phi) is 5.97. The van der Waals surface area contributed by atoms with Crippen molar-refractivity contribution in [3.05, 3.63) is 28.5 Å². The molecule has 0 amide bonds. The summed E-state index contributed by atoms with van der Waals surface area (Å²) in [5.41, 5.74) is 0. The van der Waals surface area contributed by atoms with Crippen molar-refractivity contribution < 1.29 is 18.7 Å². The van der Waals surface area contributed by atoms with Gasteiger partial charge in [0, 0.05) is 10.5 Å². The molecule has 0 saturated heterocycles. The number of hydrogen-bond donors (Lipinski definition) is 0. The molecule has 0 saturated carbocycles. The van der Waals surface area contributed by atoms with Crippen LogP contribution in [0.3, 0.4) is 0 Å². The highest BCUT2D eigenvalue weighted by atomic mass is 79.9. The van der Waals surface area contributed by atoms with E-state index in [0.29, 0.717) is 16.8 Å². The third kappa shape index (κ3) is 5.68. The Morgan fingerprint density at radius 3 is 2.82 bits per heavy atom. The van der Waals surface area contributed by atoms with E-state index in [9.17, 15) is 9.18 Å². The first-order chi connectivity index (χ1) is 8.11. The van der Waals surface area contributed by atoms with E-state index >= 15 is 0 Å². The van der Waals surface area contributed by atoms with Crippen LogP contribution in [0.5, 0.6) is 5.75 Å². The monoisotopic (exact) mass is 304 g/mol. The molecule has 0 N–H and O–H groups in total. The zero-order chi connectivity index (χ0) is 12.7. The van der Waals surface area contributed by atoms with Gasteiger partial charge in [-0.2, -0.15) is 0 Å². The van der Waals surface area contributed by atoms with Crippen LogP contribution in [0.15, 0.2) is 22.7 Å². The van der Waals surface area contributed by atoms with E-state index in [2.05, 4.69) is 15.9 Å². The molecule has 1 aromatic carbocycles. The number of carbonyl (C=O) groups excluding carboxylic acids is 1. The quantitative estimate of drug-likeness (QED) is 0.597. The van der Waals surface area contributed by atoms with Crippen molar-refractivity contribution in [1.82, 2.24) is 0 Å². The molecule has 94 valence electrons. The van der Waals surface area contributed by atoms with Crippen molar-refractivity contribution in [2.24, 2.45) is 0 Å². The Balaban J connectivity index is 2.36. The lowest BCUT2D eigenvalue weighted by molar-refractivity contribution is -0.146. The molecule has 0 aliphatic rings. The molecule has 0 unspecified atom stereocenters. The van der Waals surface area contributed by atoms with Crippen LogP contribution >= 0.6 is 15.9 Å². The average Bonchev–Trinajstić information content (AvgIpc) is 2.25. The van der Waals surface area contributed by atoms with Crippen LogP contribution < -0.4 is 4.74 Å². The summed E-state index contributed by atoms with van der Waals surface area (Å²) < 4.78 is 23.5. The summed E-state index contributed by atoms with van der Waals surface area (Å²) in [6.07, 6.45) is 1.79. The van der Waals surface area contributed by atoms with E-state index in [1.807, 2.05) is 6.92 Å². The molecule has 0 aliphatic heterocycles. The second kappa shape index (κ2) is 7.27. The maximum atomic E-state index is 13.0. The lowest BCUT2D eigenvalue weighted by Gasteiger charge is -2.07. The van der Waals surface area contributed by atoms with Gasteiger partial charge < -0.3 is 9.47 Å². The molecule has 5 heteroatoms. The highest BCUT2D eigenvalue weighted by Crippen LogP contribution is 2.20. The van der Waals surface area contributed by atoms with Crippen LogP contribution in [-0.2, 0) is 9.53 Å². The molecular weight excluding hydrogens is 291 g/mol. The predicted molar refractivity (Wildman–Crippen MR) is 65.5 cm³/mol. The van der Waals surface area contributed by atoms with Gasteiger partial charge in [0.2, 0.25) is 0 Å². The molecular formula is C12H14BrFO3. The van der Waals surface area contributed by atoms with E-state index in [0.717, 1.165) is 12.8 Å². The van der Waals surface area contributed by atoms with Crippen LogP contribution in [0, 0.1) is 5.82 Å². The maximum absolute atomic E-state index is 13.0. The summed E-state index contributed by atoms with van der Waals surface area (Å²) >= 11 is 3.14. The van der Waals surface area contributed by atoms with Gasteiger partial charge in [-0.25, -0.2) is 9.18 Å². The first kappa shape index (κ1) is 14.0. The van der Waals surface area contributed by atoms with Crippen molar-refractivity contribution in [1.29, 1.82) is 0 Å². The van der Waals surface area contributed by atoms with Crippen LogP contribution in [0.2, 0.25) is 0 Å². The number of benzene rings is 1. The topological polar surface area (TPSA) is 35.5 Å². The number of hydrogen-bond acceptors (Lipinski definition) is 3. The Morgan fingerprint density at radius 1 is 1.41 bits per heavy atom. The maximum Gasteiger partial charge on any atom is 0.344 e. The first-order valence-electron chi connectivity index (χ1n) is 5.36. The van der Waals surface area contributed by atoms with Gasteiger partial charge in [0.25, 0.3) is 0 Å². The van der Waals surface area contributed by atoms with Crippen LogP contribution in [0.25, 0.3) is 0 Å². The minimum absolute atomic E-state index is 0.209. The van der Waals surface area contributed by atoms with Gasteiger partial charge in [0.15, 0.2) is 6.61 Å². The number of ether oxygens (including phenoxy) is 2. The molecule has 1 rings (SSSR count). The minimum Gasteiger partial charge on any atom is -0.482 e. The summed E-state index contributed by atoms with van der Waals surface area (Å²) in [6, 6.07) is 4.11. The van der Waals surface area contributed by atoms with Crippen molar-refractivity contribution in [3.63, 3.8) is 0 Å². The van der Waals surface area contributed by atoms with Crippen molar-refractivity contribution in [2.75, 3.05) is 13.2 Å². The van der Waals surface area contributed by atoms with E-state index in [4.69, 9.17) is 9.47 Å². The molecule has 0 heterocycles. The molecule has 0 radical (unpaired) electrons. The third-order valence-corrected chi connectivity index (χ3v) is 2.41. The standard InChI is InChI=1S/C12H14BrFO3/c1-2-3-4-16-12(15)8-17-11-6-9(13)5-10(14)7-11/h5-7H,2-4,8H2,1H3. The normalized spacial score (nSPS) is 10.1. The first-order valence-corrected chi connectivity index (χ1v) is 6.15. The number of esters is 1. The van der Waals surface area contributed by atoms with E-state index < -0.39 is 11.8 Å². The van der Waals surface area contributed by atoms with Crippen molar-refractivity contribution in [3.8, 4) is 5.75 Å². The highest BCUT2D eigenvalue weighted by Gasteiger charge is 2.05. The summed E-state index contributed by atoms with van der Waals surface area (Å²) in [7, 11) is 0. The summed E-state index contributed by atoms with van der Waals surface area (Å²) in [4.78, 5) is 11.2. The Morgan fingerprint density at radius 2 is 2.18 bits per heavy atom. The lowest BCUT2D eigenvalue weighted by Crippen LogP contribution is -2.15. The molecule has 0 fully saturated rings. The minimum atomic E-state index is -0.446. The number of halogens is 2. The molecule has 17 heavy (non-hydrogen) atoms. The molecule has 0 aromatic heterocycles. The fraction of sp³-hybridized carbons (Fsp3) is 0.417. The Hall–Kier alpha value is -1.10. The van der Waals surface area contributed by atoms with Crippen LogP contribution in [-0.4, -0.2) is 19.2 Å². The van der Waals surface area contributed by atoms with Gasteiger partial charge in [-0.15, -0.1) is 0 Å². The molecule has 0 bridgehead atoms. The average molecular weight is 305 g/mol. The SMILES string of the molecule is CCCCOC(=O)COc1cc(F)cc(Br)c1. The predicted octanol–water partition coefficient (Wildman–Crippen LogP) is 3.31. The zero-order valence-electron chi connectivity index (χ0n) is 9.54. The van der Waals surface area contributed by atoms with Crippen LogP contribution in [0.4, 0.5) is 4.39 Å². The Bertz CT molecular complexity index is 362. The van der Waals surface area contributed by atoms with Gasteiger partial charge in [-0.3, -0.25) is 0 Å². The largest absolute Gasteiger partial charge is 0.482 e. The fourth-order valence-electron chi connectivity index (χ4n) is 1.13. The summed E-state index contributed by atoms with van der Waals surface area (Å²) in [5, 5.41) is 0. The van der Waals surface area contributed by atoms with E-state index in [1.54, 1.807) is 6.07 Å². The second-order valence-corrected chi connectivity index (χ2v) is 4.38. The zero-order valence-corrected chi connectivity index (χ0v) is 11.1. The van der Waals surface area contributed by atoms with E-state index in [-0.39, 0.29) is 6.61 Å². The second-order valence-electron chi connectivity index (χ2n) is 3.47. The van der Waals surface area contributed by atoms with Crippen molar-refractivity contribution >= 4 is 21.9 Å². The molecule has 0 atom stereocenters. The molecule has 1 aromatic rings. The van der Waals surface area contributed by atoms with E-state index in [1.165, 1.54) is 12.1 Å². The van der Waals surface area contributed by atoms with Gasteiger partial charge >= 0.3 is 5.97 Å². The fourth-order valence-corrected chi connectivity index (χ4v) is 1.57. The molecule has 3 nitrogen and oxygen atoms in total. The number of unbranched alkanes of at least 4 members (excludes halogenated alkanes) is 1.